The molecule has 5 heteroatoms. The number of hydrogen-bond acceptors (Lipinski definition) is 3. The van der Waals surface area contributed by atoms with Crippen LogP contribution in [0.3, 0.4) is 0 Å². The van der Waals surface area contributed by atoms with Crippen LogP contribution in [0.15, 0.2) is 61.4 Å². The molecule has 1 N–H and O–H groups in total. The molecule has 1 aromatic heterocycles. The van der Waals surface area contributed by atoms with Gasteiger partial charge in [-0.05, 0) is 54.9 Å². The zero-order valence-electron chi connectivity index (χ0n) is 18.1. The first-order chi connectivity index (χ1) is 15.1. The summed E-state index contributed by atoms with van der Waals surface area (Å²) in [6, 6.07) is 12.3. The van der Waals surface area contributed by atoms with Crippen LogP contribution < -0.4 is 5.32 Å². The molecule has 1 saturated heterocycles. The van der Waals surface area contributed by atoms with Crippen LogP contribution >= 0.6 is 0 Å². The van der Waals surface area contributed by atoms with Gasteiger partial charge in [-0.15, -0.1) is 6.58 Å². The summed E-state index contributed by atoms with van der Waals surface area (Å²) < 4.78 is 0. The lowest BCUT2D eigenvalue weighted by atomic mass is 9.73. The Kier molecular flexibility index (Phi) is 6.50. The molecule has 0 spiro atoms. The largest absolute Gasteiger partial charge is 0.352 e. The molecule has 5 nitrogen and oxygen atoms in total. The highest BCUT2D eigenvalue weighted by molar-refractivity contribution is 5.86. The van der Waals surface area contributed by atoms with Gasteiger partial charge in [0.2, 0.25) is 11.8 Å². The molecular weight excluding hydrogens is 386 g/mol. The first kappa shape index (κ1) is 21.3. The minimum absolute atomic E-state index is 0.0188. The molecule has 2 aliphatic rings. The fourth-order valence-electron chi connectivity index (χ4n) is 4.78. The van der Waals surface area contributed by atoms with Gasteiger partial charge in [-0.2, -0.15) is 0 Å². The maximum atomic E-state index is 13.4. The number of amides is 2. The Hall–Kier alpha value is -2.95. The monoisotopic (exact) mass is 417 g/mol. The van der Waals surface area contributed by atoms with E-state index in [0.717, 1.165) is 55.3 Å². The third kappa shape index (κ3) is 4.71. The SMILES string of the molecule is C=CCNC(=O)C1(Cc2cccc(-c3cccnc3)c2)CCCN(C(=O)C2CCC2)C1. The van der Waals surface area contributed by atoms with Crippen LogP contribution in [-0.4, -0.2) is 41.3 Å². The van der Waals surface area contributed by atoms with E-state index in [2.05, 4.69) is 35.1 Å². The molecule has 0 bridgehead atoms. The normalized spacial score (nSPS) is 21.2. The Labute approximate surface area is 184 Å². The van der Waals surface area contributed by atoms with E-state index >= 15 is 0 Å². The molecule has 1 atom stereocenters. The fraction of sp³-hybridized carbons (Fsp3) is 0.423. The quantitative estimate of drug-likeness (QED) is 0.693. The Bertz CT molecular complexity index is 939. The van der Waals surface area contributed by atoms with E-state index in [9.17, 15) is 9.59 Å². The molecule has 1 aromatic carbocycles. The van der Waals surface area contributed by atoms with E-state index in [1.54, 1.807) is 12.3 Å². The summed E-state index contributed by atoms with van der Waals surface area (Å²) in [4.78, 5) is 32.5. The van der Waals surface area contributed by atoms with Crippen LogP contribution in [0.25, 0.3) is 11.1 Å². The molecule has 2 heterocycles. The molecular formula is C26H31N3O2. The number of hydrogen-bond donors (Lipinski definition) is 1. The lowest BCUT2D eigenvalue weighted by molar-refractivity contribution is -0.146. The molecule has 1 unspecified atom stereocenters. The second-order valence-electron chi connectivity index (χ2n) is 8.89. The number of nitrogens with zero attached hydrogens (tertiary/aromatic N) is 2. The predicted molar refractivity (Wildman–Crippen MR) is 122 cm³/mol. The topological polar surface area (TPSA) is 62.3 Å². The number of carbonyl (C=O) groups is 2. The van der Waals surface area contributed by atoms with Crippen molar-refractivity contribution in [2.75, 3.05) is 19.6 Å². The number of benzene rings is 1. The molecule has 0 radical (unpaired) electrons. The predicted octanol–water partition coefficient (Wildman–Crippen LogP) is 4.00. The van der Waals surface area contributed by atoms with Gasteiger partial charge in [-0.3, -0.25) is 14.6 Å². The van der Waals surface area contributed by atoms with Crippen LogP contribution in [0.5, 0.6) is 0 Å². The van der Waals surface area contributed by atoms with Gasteiger partial charge in [0.1, 0.15) is 0 Å². The van der Waals surface area contributed by atoms with Crippen LogP contribution in [-0.2, 0) is 16.0 Å². The maximum Gasteiger partial charge on any atom is 0.228 e. The third-order valence-electron chi connectivity index (χ3n) is 6.70. The minimum Gasteiger partial charge on any atom is -0.352 e. The zero-order valence-corrected chi connectivity index (χ0v) is 18.1. The minimum atomic E-state index is -0.617. The molecule has 2 fully saturated rings. The molecule has 1 aliphatic heterocycles. The van der Waals surface area contributed by atoms with Crippen LogP contribution in [0.2, 0.25) is 0 Å². The van der Waals surface area contributed by atoms with Crippen molar-refractivity contribution in [1.82, 2.24) is 15.2 Å². The van der Waals surface area contributed by atoms with Gasteiger partial charge in [-0.1, -0.05) is 42.8 Å². The number of carbonyl (C=O) groups excluding carboxylic acids is 2. The van der Waals surface area contributed by atoms with Gasteiger partial charge in [0.25, 0.3) is 0 Å². The molecule has 1 saturated carbocycles. The number of pyridine rings is 1. The van der Waals surface area contributed by atoms with Crippen LogP contribution in [0, 0.1) is 11.3 Å². The van der Waals surface area contributed by atoms with Gasteiger partial charge in [0.05, 0.1) is 5.41 Å². The van der Waals surface area contributed by atoms with E-state index in [1.165, 1.54) is 0 Å². The second kappa shape index (κ2) is 9.46. The Morgan fingerprint density at radius 1 is 1.19 bits per heavy atom. The third-order valence-corrected chi connectivity index (χ3v) is 6.70. The van der Waals surface area contributed by atoms with Crippen molar-refractivity contribution in [2.45, 2.75) is 38.5 Å². The fourth-order valence-corrected chi connectivity index (χ4v) is 4.78. The average molecular weight is 418 g/mol. The van der Waals surface area contributed by atoms with Crippen molar-refractivity contribution in [2.24, 2.45) is 11.3 Å². The number of nitrogens with one attached hydrogen (secondary N) is 1. The Balaban J connectivity index is 1.60. The van der Waals surface area contributed by atoms with Crippen molar-refractivity contribution < 1.29 is 9.59 Å². The lowest BCUT2D eigenvalue weighted by Gasteiger charge is -2.43. The summed E-state index contributed by atoms with van der Waals surface area (Å²) in [5, 5.41) is 3.02. The molecule has 1 aliphatic carbocycles. The van der Waals surface area contributed by atoms with Gasteiger partial charge in [-0.25, -0.2) is 0 Å². The first-order valence-electron chi connectivity index (χ1n) is 11.3. The van der Waals surface area contributed by atoms with E-state index in [-0.39, 0.29) is 17.7 Å². The standard InChI is InChI=1S/C26H31N3O2/c1-2-13-28-25(31)26(12-6-15-29(19-26)24(30)21-8-4-9-21)17-20-7-3-10-22(16-20)23-11-5-14-27-18-23/h2-3,5,7,10-11,14,16,18,21H,1,4,6,8-9,12-13,15,17,19H2,(H,28,31). The Morgan fingerprint density at radius 2 is 2.03 bits per heavy atom. The smallest absolute Gasteiger partial charge is 0.228 e. The molecule has 31 heavy (non-hydrogen) atoms. The van der Waals surface area contributed by atoms with Gasteiger partial charge >= 0.3 is 0 Å². The maximum absolute atomic E-state index is 13.4. The molecule has 2 amide bonds. The lowest BCUT2D eigenvalue weighted by Crippen LogP contribution is -2.55. The number of piperidine rings is 1. The van der Waals surface area contributed by atoms with E-state index in [0.29, 0.717) is 19.5 Å². The second-order valence-corrected chi connectivity index (χ2v) is 8.89. The first-order valence-corrected chi connectivity index (χ1v) is 11.3. The molecule has 162 valence electrons. The highest BCUT2D eigenvalue weighted by Gasteiger charge is 2.44. The molecule has 2 aromatic rings. The summed E-state index contributed by atoms with van der Waals surface area (Å²) in [5.41, 5.74) is 2.63. The van der Waals surface area contributed by atoms with Crippen molar-refractivity contribution in [1.29, 1.82) is 0 Å². The highest BCUT2D eigenvalue weighted by atomic mass is 16.2. The summed E-state index contributed by atoms with van der Waals surface area (Å²) in [7, 11) is 0. The van der Waals surface area contributed by atoms with Crippen molar-refractivity contribution in [3.63, 3.8) is 0 Å². The molecule has 4 rings (SSSR count). The summed E-state index contributed by atoms with van der Waals surface area (Å²) in [6.07, 6.45) is 10.7. The van der Waals surface area contributed by atoms with Crippen LogP contribution in [0.1, 0.15) is 37.7 Å². The van der Waals surface area contributed by atoms with E-state index in [1.807, 2.05) is 29.3 Å². The summed E-state index contributed by atoms with van der Waals surface area (Å²) in [5.74, 6) is 0.405. The van der Waals surface area contributed by atoms with Gasteiger partial charge in [0.15, 0.2) is 0 Å². The average Bonchev–Trinajstić information content (AvgIpc) is 2.77. The van der Waals surface area contributed by atoms with E-state index in [4.69, 9.17) is 0 Å². The van der Waals surface area contributed by atoms with Crippen molar-refractivity contribution in [3.8, 4) is 11.1 Å². The Morgan fingerprint density at radius 3 is 2.74 bits per heavy atom. The van der Waals surface area contributed by atoms with Crippen LogP contribution in [0.4, 0.5) is 0 Å². The number of aromatic nitrogens is 1. The number of rotatable bonds is 7. The van der Waals surface area contributed by atoms with Gasteiger partial charge < -0.3 is 10.2 Å². The highest BCUT2D eigenvalue weighted by Crippen LogP contribution is 2.37. The van der Waals surface area contributed by atoms with Crippen molar-refractivity contribution in [3.05, 3.63) is 67.0 Å². The van der Waals surface area contributed by atoms with Crippen molar-refractivity contribution >= 4 is 11.8 Å². The number of likely N-dealkylation sites (tertiary alicyclic amines) is 1. The summed E-state index contributed by atoms with van der Waals surface area (Å²) >= 11 is 0. The zero-order chi connectivity index (χ0) is 21.7. The summed E-state index contributed by atoms with van der Waals surface area (Å²) in [6.45, 7) is 5.41. The van der Waals surface area contributed by atoms with Gasteiger partial charge in [0, 0.05) is 37.9 Å². The van der Waals surface area contributed by atoms with E-state index < -0.39 is 5.41 Å².